The Balaban J connectivity index is 2.28. The first kappa shape index (κ1) is 28.3. The van der Waals surface area contributed by atoms with Crippen molar-refractivity contribution in [2.75, 3.05) is 31.7 Å². The van der Waals surface area contributed by atoms with Crippen LogP contribution in [0.25, 0.3) is 0 Å². The van der Waals surface area contributed by atoms with Gasteiger partial charge in [-0.1, -0.05) is 12.1 Å². The number of oxime groups is 1. The number of hydrogen-bond acceptors (Lipinski definition) is 7. The molecule has 0 aromatic heterocycles. The third-order valence-corrected chi connectivity index (χ3v) is 4.96. The van der Waals surface area contributed by atoms with Crippen molar-refractivity contribution in [3.8, 4) is 0 Å². The third-order valence-electron chi connectivity index (χ3n) is 4.29. The van der Waals surface area contributed by atoms with Crippen molar-refractivity contribution in [3.05, 3.63) is 56.4 Å². The number of anilines is 2. The molecule has 0 aliphatic rings. The maximum Gasteiger partial charge on any atom is 0.277 e. The molecule has 0 bridgehead atoms. The van der Waals surface area contributed by atoms with E-state index in [1.807, 2.05) is 35.0 Å². The molecule has 0 fully saturated rings. The number of nitrogens with zero attached hydrogens (tertiary/aromatic N) is 1. The predicted molar refractivity (Wildman–Crippen MR) is 131 cm³/mol. The first-order valence-corrected chi connectivity index (χ1v) is 11.5. The van der Waals surface area contributed by atoms with Gasteiger partial charge in [0.2, 0.25) is 5.91 Å². The molecule has 0 aliphatic heterocycles. The fourth-order valence-corrected chi connectivity index (χ4v) is 3.07. The number of amides is 2. The normalized spacial score (nSPS) is 10.9. The van der Waals surface area contributed by atoms with Crippen LogP contribution in [0.5, 0.6) is 0 Å². The molecule has 0 spiro atoms. The molecule has 0 atom stereocenters. The van der Waals surface area contributed by atoms with E-state index in [2.05, 4.69) is 15.8 Å². The standard InChI is InChI=1S/C22H24F3IN4O5/c1-2-6-27-18(32)5-8-34-28-12-13-10-15(22(33)30-35-9-7-31)21(20(25)19(13)24)29-17-4-3-14(26)11-16(17)23/h3-4,10-12,29,31H,2,5-9H2,1H3,(H,27,32)(H,30,33). The average molecular weight is 608 g/mol. The van der Waals surface area contributed by atoms with E-state index < -0.39 is 46.8 Å². The van der Waals surface area contributed by atoms with Crippen LogP contribution in [0.4, 0.5) is 24.5 Å². The molecule has 35 heavy (non-hydrogen) atoms. The lowest BCUT2D eigenvalue weighted by Gasteiger charge is -2.15. The Kier molecular flexibility index (Phi) is 11.7. The van der Waals surface area contributed by atoms with E-state index in [-0.39, 0.29) is 31.2 Å². The van der Waals surface area contributed by atoms with Gasteiger partial charge >= 0.3 is 0 Å². The lowest BCUT2D eigenvalue weighted by Crippen LogP contribution is -2.26. The van der Waals surface area contributed by atoms with E-state index in [1.165, 1.54) is 18.2 Å². The van der Waals surface area contributed by atoms with Crippen LogP contribution in [0.15, 0.2) is 29.4 Å². The van der Waals surface area contributed by atoms with Gasteiger partial charge in [-0.05, 0) is 53.3 Å². The number of carbonyl (C=O) groups excluding carboxylic acids is 2. The summed E-state index contributed by atoms with van der Waals surface area (Å²) in [6.45, 7) is 1.66. The van der Waals surface area contributed by atoms with Gasteiger partial charge in [-0.3, -0.25) is 14.4 Å². The minimum absolute atomic E-state index is 0.00840. The van der Waals surface area contributed by atoms with Crippen LogP contribution < -0.4 is 16.1 Å². The fourth-order valence-electron chi connectivity index (χ4n) is 2.62. The van der Waals surface area contributed by atoms with E-state index in [1.54, 1.807) is 0 Å². The Morgan fingerprint density at radius 1 is 1.17 bits per heavy atom. The molecular formula is C22H24F3IN4O5. The van der Waals surface area contributed by atoms with Gasteiger partial charge in [0.05, 0.1) is 42.8 Å². The van der Waals surface area contributed by atoms with Crippen LogP contribution in [-0.4, -0.2) is 49.5 Å². The van der Waals surface area contributed by atoms with Crippen LogP contribution in [0, 0.1) is 21.0 Å². The van der Waals surface area contributed by atoms with E-state index in [4.69, 9.17) is 14.8 Å². The Bertz CT molecular complexity index is 1070. The summed E-state index contributed by atoms with van der Waals surface area (Å²) < 4.78 is 44.6. The Morgan fingerprint density at radius 3 is 2.63 bits per heavy atom. The number of carbonyl (C=O) groups is 2. The molecule has 190 valence electrons. The summed E-state index contributed by atoms with van der Waals surface area (Å²) in [6.07, 6.45) is 1.62. The van der Waals surface area contributed by atoms with Crippen LogP contribution >= 0.6 is 22.6 Å². The van der Waals surface area contributed by atoms with Crippen molar-refractivity contribution in [3.63, 3.8) is 0 Å². The number of halogens is 4. The van der Waals surface area contributed by atoms with Gasteiger partial charge in [0, 0.05) is 15.7 Å². The molecule has 13 heteroatoms. The summed E-state index contributed by atoms with van der Waals surface area (Å²) in [4.78, 5) is 33.8. The highest BCUT2D eigenvalue weighted by molar-refractivity contribution is 14.1. The first-order chi connectivity index (χ1) is 16.8. The third kappa shape index (κ3) is 8.67. The van der Waals surface area contributed by atoms with Crippen LogP contribution in [0.3, 0.4) is 0 Å². The van der Waals surface area contributed by atoms with Crippen LogP contribution in [0.1, 0.15) is 35.7 Å². The first-order valence-electron chi connectivity index (χ1n) is 10.5. The molecule has 0 radical (unpaired) electrons. The van der Waals surface area contributed by atoms with Crippen molar-refractivity contribution in [2.24, 2.45) is 5.16 Å². The maximum atomic E-state index is 15.0. The van der Waals surface area contributed by atoms with Crippen molar-refractivity contribution < 1.29 is 37.5 Å². The van der Waals surface area contributed by atoms with Gasteiger partial charge < -0.3 is 20.6 Å². The lowest BCUT2D eigenvalue weighted by atomic mass is 10.1. The molecule has 2 aromatic carbocycles. The molecule has 0 heterocycles. The predicted octanol–water partition coefficient (Wildman–Crippen LogP) is 3.37. The van der Waals surface area contributed by atoms with Gasteiger partial charge in [0.25, 0.3) is 5.91 Å². The highest BCUT2D eigenvalue weighted by Crippen LogP contribution is 2.30. The molecule has 4 N–H and O–H groups in total. The SMILES string of the molecule is CCCNC(=O)CCON=Cc1cc(C(=O)NOCCO)c(Nc2ccc(I)cc2F)c(F)c1F. The van der Waals surface area contributed by atoms with E-state index in [0.717, 1.165) is 18.7 Å². The van der Waals surface area contributed by atoms with Gasteiger partial charge in [-0.15, -0.1) is 0 Å². The molecule has 2 rings (SSSR count). The Morgan fingerprint density at radius 2 is 1.94 bits per heavy atom. The molecule has 0 unspecified atom stereocenters. The molecule has 0 saturated carbocycles. The highest BCUT2D eigenvalue weighted by Gasteiger charge is 2.23. The lowest BCUT2D eigenvalue weighted by molar-refractivity contribution is -0.122. The van der Waals surface area contributed by atoms with Crippen molar-refractivity contribution >= 4 is 52.0 Å². The van der Waals surface area contributed by atoms with Crippen LogP contribution in [0.2, 0.25) is 0 Å². The fraction of sp³-hybridized carbons (Fsp3) is 0.318. The number of rotatable bonds is 13. The topological polar surface area (TPSA) is 121 Å². The van der Waals surface area contributed by atoms with Crippen molar-refractivity contribution in [2.45, 2.75) is 19.8 Å². The number of benzene rings is 2. The van der Waals surface area contributed by atoms with E-state index in [0.29, 0.717) is 10.1 Å². The molecule has 0 saturated heterocycles. The minimum Gasteiger partial charge on any atom is -0.395 e. The van der Waals surface area contributed by atoms with Crippen molar-refractivity contribution in [1.82, 2.24) is 10.8 Å². The van der Waals surface area contributed by atoms with E-state index >= 15 is 0 Å². The minimum atomic E-state index is -1.47. The summed E-state index contributed by atoms with van der Waals surface area (Å²) in [5, 5.41) is 17.4. The quantitative estimate of drug-likeness (QED) is 0.120. The number of aliphatic hydroxyl groups excluding tert-OH is 1. The summed E-state index contributed by atoms with van der Waals surface area (Å²) in [5.41, 5.74) is 0.275. The number of hydroxylamine groups is 1. The Labute approximate surface area is 213 Å². The Hall–Kier alpha value is -2.91. The number of nitrogens with one attached hydrogen (secondary N) is 3. The van der Waals surface area contributed by atoms with Gasteiger partial charge in [-0.2, -0.15) is 0 Å². The second-order valence-electron chi connectivity index (χ2n) is 6.94. The zero-order valence-corrected chi connectivity index (χ0v) is 20.8. The average Bonchev–Trinajstić information content (AvgIpc) is 2.83. The van der Waals surface area contributed by atoms with Gasteiger partial charge in [0.1, 0.15) is 12.4 Å². The molecule has 2 amide bonds. The summed E-state index contributed by atoms with van der Waals surface area (Å²) in [5.74, 6) is -4.84. The number of aliphatic hydroxyl groups is 1. The monoisotopic (exact) mass is 608 g/mol. The van der Waals surface area contributed by atoms with Crippen molar-refractivity contribution in [1.29, 1.82) is 0 Å². The zero-order chi connectivity index (χ0) is 25.8. The summed E-state index contributed by atoms with van der Waals surface area (Å²) in [6, 6.07) is 4.97. The number of hydrogen-bond donors (Lipinski definition) is 4. The maximum absolute atomic E-state index is 15.0. The molecular weight excluding hydrogens is 584 g/mol. The smallest absolute Gasteiger partial charge is 0.277 e. The largest absolute Gasteiger partial charge is 0.395 e. The summed E-state index contributed by atoms with van der Waals surface area (Å²) in [7, 11) is 0. The van der Waals surface area contributed by atoms with Gasteiger partial charge in [0.15, 0.2) is 11.6 Å². The zero-order valence-electron chi connectivity index (χ0n) is 18.7. The molecule has 9 nitrogen and oxygen atoms in total. The van der Waals surface area contributed by atoms with E-state index in [9.17, 15) is 22.8 Å². The van der Waals surface area contributed by atoms with Crippen LogP contribution in [-0.2, 0) is 14.5 Å². The molecule has 2 aromatic rings. The summed E-state index contributed by atoms with van der Waals surface area (Å²) >= 11 is 1.88. The second-order valence-corrected chi connectivity index (χ2v) is 8.18. The highest BCUT2D eigenvalue weighted by atomic mass is 127. The van der Waals surface area contributed by atoms with Gasteiger partial charge in [-0.25, -0.2) is 18.7 Å². The second kappa shape index (κ2) is 14.5. The molecule has 0 aliphatic carbocycles.